The van der Waals surface area contributed by atoms with E-state index in [0.717, 1.165) is 12.8 Å². The zero-order valence-corrected chi connectivity index (χ0v) is 31.6. The molecule has 0 amide bonds. The van der Waals surface area contributed by atoms with Gasteiger partial charge in [-0.2, -0.15) is 0 Å². The van der Waals surface area contributed by atoms with Crippen molar-refractivity contribution in [1.82, 2.24) is 13.7 Å². The number of aromatic nitrogens is 3. The van der Waals surface area contributed by atoms with Crippen LogP contribution in [0.3, 0.4) is 0 Å². The van der Waals surface area contributed by atoms with Crippen molar-refractivity contribution in [3.05, 3.63) is 199 Å². The summed E-state index contributed by atoms with van der Waals surface area (Å²) >= 11 is 0. The van der Waals surface area contributed by atoms with Gasteiger partial charge in [0, 0.05) is 49.7 Å². The summed E-state index contributed by atoms with van der Waals surface area (Å²) in [6, 6.07) is 69.4. The molecule has 3 nitrogen and oxygen atoms in total. The summed E-state index contributed by atoms with van der Waals surface area (Å²) < 4.78 is 7.33. The maximum Gasteiger partial charge on any atom is 0.0541 e. The van der Waals surface area contributed by atoms with Crippen LogP contribution in [-0.2, 0) is 12.8 Å². The third-order valence-electron chi connectivity index (χ3n) is 12.4. The number of nitrogens with zero attached hydrogens (tertiary/aromatic N) is 3. The monoisotopic (exact) mass is 729 g/mol. The second-order valence-electron chi connectivity index (χ2n) is 15.6. The van der Waals surface area contributed by atoms with Crippen LogP contribution in [0.4, 0.5) is 0 Å². The molecule has 0 N–H and O–H groups in total. The van der Waals surface area contributed by atoms with Crippen molar-refractivity contribution in [3.8, 4) is 39.3 Å². The third-order valence-corrected chi connectivity index (χ3v) is 12.4. The van der Waals surface area contributed by atoms with Gasteiger partial charge in [-0.1, -0.05) is 97.1 Å². The average molecular weight is 730 g/mol. The summed E-state index contributed by atoms with van der Waals surface area (Å²) in [6.45, 7) is 0. The van der Waals surface area contributed by atoms with Crippen LogP contribution in [0.2, 0.25) is 0 Å². The van der Waals surface area contributed by atoms with E-state index in [1.807, 2.05) is 0 Å². The molecule has 12 rings (SSSR count). The lowest BCUT2D eigenvalue weighted by molar-refractivity contribution is 0.667. The number of rotatable bonds is 5. The first-order valence-corrected chi connectivity index (χ1v) is 20.2. The van der Waals surface area contributed by atoms with E-state index in [0.29, 0.717) is 0 Å². The Balaban J connectivity index is 1.04. The zero-order valence-electron chi connectivity index (χ0n) is 31.6. The molecule has 3 heterocycles. The van der Waals surface area contributed by atoms with Crippen LogP contribution in [-0.4, -0.2) is 13.7 Å². The summed E-state index contributed by atoms with van der Waals surface area (Å²) in [7, 11) is 0. The summed E-state index contributed by atoms with van der Waals surface area (Å²) in [5.41, 5.74) is 17.7. The third kappa shape index (κ3) is 4.98. The maximum atomic E-state index is 2.52. The van der Waals surface area contributed by atoms with Crippen LogP contribution in [0.25, 0.3) is 93.8 Å². The minimum atomic E-state index is 1.13. The van der Waals surface area contributed by atoms with E-state index in [1.54, 1.807) is 0 Å². The van der Waals surface area contributed by atoms with E-state index in [-0.39, 0.29) is 0 Å². The van der Waals surface area contributed by atoms with Crippen LogP contribution >= 0.6 is 0 Å². The molecule has 0 atom stereocenters. The Morgan fingerprint density at radius 3 is 1.16 bits per heavy atom. The van der Waals surface area contributed by atoms with Gasteiger partial charge in [-0.3, -0.25) is 0 Å². The second kappa shape index (κ2) is 12.7. The molecular weight excluding hydrogens is 691 g/mol. The van der Waals surface area contributed by atoms with Gasteiger partial charge in [-0.15, -0.1) is 0 Å². The SMILES string of the molecule is c1ccc(-n2c3c(c4cc(-c5ccc6c(c5)c5cc(-c7ccc8c(c7)c7ccccc7n8-c7ccccc7)ccc5n6-c5ccccc5)ccc42)CCCC3)cc1. The molecule has 0 aliphatic heterocycles. The van der Waals surface area contributed by atoms with E-state index in [2.05, 4.69) is 202 Å². The highest BCUT2D eigenvalue weighted by molar-refractivity contribution is 6.13. The largest absolute Gasteiger partial charge is 0.313 e. The van der Waals surface area contributed by atoms with Gasteiger partial charge in [0.2, 0.25) is 0 Å². The Bertz CT molecular complexity index is 3330. The fourth-order valence-electron chi connectivity index (χ4n) is 9.84. The van der Waals surface area contributed by atoms with E-state index in [1.165, 1.54) is 118 Å². The summed E-state index contributed by atoms with van der Waals surface area (Å²) in [4.78, 5) is 0. The fraction of sp³-hybridized carbons (Fsp3) is 0.0741. The van der Waals surface area contributed by atoms with Crippen molar-refractivity contribution >= 4 is 54.5 Å². The fourth-order valence-corrected chi connectivity index (χ4v) is 9.84. The molecule has 1 aliphatic rings. The number of hydrogen-bond donors (Lipinski definition) is 0. The first-order chi connectivity index (χ1) is 28.3. The van der Waals surface area contributed by atoms with E-state index in [4.69, 9.17) is 0 Å². The summed E-state index contributed by atoms with van der Waals surface area (Å²) in [5, 5.41) is 6.44. The Hall–Kier alpha value is -7.10. The molecule has 270 valence electrons. The molecule has 0 saturated heterocycles. The average Bonchev–Trinajstić information content (AvgIpc) is 3.92. The topological polar surface area (TPSA) is 14.8 Å². The number of fused-ring (bicyclic) bond motifs is 9. The Morgan fingerprint density at radius 2 is 0.649 bits per heavy atom. The lowest BCUT2D eigenvalue weighted by Gasteiger charge is -2.16. The van der Waals surface area contributed by atoms with Gasteiger partial charge in [0.05, 0.1) is 27.6 Å². The van der Waals surface area contributed by atoms with Crippen molar-refractivity contribution in [2.75, 3.05) is 0 Å². The first-order valence-electron chi connectivity index (χ1n) is 20.2. The first kappa shape index (κ1) is 32.2. The number of hydrogen-bond acceptors (Lipinski definition) is 0. The Labute approximate surface area is 331 Å². The van der Waals surface area contributed by atoms with Crippen LogP contribution in [0, 0.1) is 0 Å². The number of benzene rings is 8. The lowest BCUT2D eigenvalue weighted by Crippen LogP contribution is -2.06. The quantitative estimate of drug-likeness (QED) is 0.168. The molecule has 0 bridgehead atoms. The highest BCUT2D eigenvalue weighted by atomic mass is 15.0. The van der Waals surface area contributed by atoms with Gasteiger partial charge in [-0.05, 0) is 144 Å². The van der Waals surface area contributed by atoms with E-state index in [9.17, 15) is 0 Å². The summed E-state index contributed by atoms with van der Waals surface area (Å²) in [6.07, 6.45) is 4.77. The van der Waals surface area contributed by atoms with Crippen molar-refractivity contribution < 1.29 is 0 Å². The van der Waals surface area contributed by atoms with Crippen LogP contribution in [0.5, 0.6) is 0 Å². The number of aryl methyl sites for hydroxylation is 1. The van der Waals surface area contributed by atoms with Gasteiger partial charge in [0.25, 0.3) is 0 Å². The van der Waals surface area contributed by atoms with Crippen LogP contribution < -0.4 is 0 Å². The highest BCUT2D eigenvalue weighted by Crippen LogP contribution is 2.41. The lowest BCUT2D eigenvalue weighted by atomic mass is 9.94. The van der Waals surface area contributed by atoms with Gasteiger partial charge < -0.3 is 13.7 Å². The molecular formula is C54H39N3. The molecule has 0 radical (unpaired) electrons. The van der Waals surface area contributed by atoms with E-state index < -0.39 is 0 Å². The second-order valence-corrected chi connectivity index (χ2v) is 15.6. The molecule has 3 heteroatoms. The molecule has 11 aromatic rings. The van der Waals surface area contributed by atoms with E-state index >= 15 is 0 Å². The minimum absolute atomic E-state index is 1.13. The zero-order chi connectivity index (χ0) is 37.5. The molecule has 1 aliphatic carbocycles. The smallest absolute Gasteiger partial charge is 0.0541 e. The van der Waals surface area contributed by atoms with Gasteiger partial charge >= 0.3 is 0 Å². The van der Waals surface area contributed by atoms with Crippen LogP contribution in [0.1, 0.15) is 24.1 Å². The standard InChI is InChI=1S/C54H39N3/c1-4-14-40(15-5-1)55-49-22-12-10-20-43(49)45-32-36(24-28-51(45)55)38-26-30-53-47(34-38)48-35-39(27-31-54(48)57(53)42-18-8-3-9-19-42)37-25-29-52-46(33-37)44-21-11-13-23-50(44)56(52)41-16-6-2-7-17-41/h1-10,12,14-20,22,24-35H,11,13,21,23H2. The van der Waals surface area contributed by atoms with Gasteiger partial charge in [0.15, 0.2) is 0 Å². The molecule has 0 fully saturated rings. The molecule has 57 heavy (non-hydrogen) atoms. The van der Waals surface area contributed by atoms with Crippen LogP contribution in [0.15, 0.2) is 188 Å². The van der Waals surface area contributed by atoms with Gasteiger partial charge in [-0.25, -0.2) is 0 Å². The highest BCUT2D eigenvalue weighted by Gasteiger charge is 2.22. The molecule has 0 unspecified atom stereocenters. The predicted octanol–water partition coefficient (Wildman–Crippen LogP) is 14.0. The Morgan fingerprint density at radius 1 is 0.281 bits per heavy atom. The predicted molar refractivity (Wildman–Crippen MR) is 239 cm³/mol. The summed E-state index contributed by atoms with van der Waals surface area (Å²) in [5.74, 6) is 0. The number of para-hydroxylation sites is 4. The van der Waals surface area contributed by atoms with Crippen molar-refractivity contribution in [2.24, 2.45) is 0 Å². The molecule has 0 spiro atoms. The Kier molecular flexibility index (Phi) is 7.18. The van der Waals surface area contributed by atoms with Crippen molar-refractivity contribution in [3.63, 3.8) is 0 Å². The molecule has 3 aromatic heterocycles. The van der Waals surface area contributed by atoms with Crippen molar-refractivity contribution in [2.45, 2.75) is 25.7 Å². The minimum Gasteiger partial charge on any atom is -0.313 e. The van der Waals surface area contributed by atoms with Gasteiger partial charge in [0.1, 0.15) is 0 Å². The normalized spacial score (nSPS) is 13.0. The molecule has 0 saturated carbocycles. The molecule has 8 aromatic carbocycles. The maximum absolute atomic E-state index is 2.52. The van der Waals surface area contributed by atoms with Crippen molar-refractivity contribution in [1.29, 1.82) is 0 Å².